The van der Waals surface area contributed by atoms with Gasteiger partial charge in [-0.3, -0.25) is 9.59 Å². The summed E-state index contributed by atoms with van der Waals surface area (Å²) in [5.74, 6) is 0.130. The van der Waals surface area contributed by atoms with Crippen LogP contribution in [0.15, 0.2) is 59.1 Å². The summed E-state index contributed by atoms with van der Waals surface area (Å²) in [6.45, 7) is 4.47. The molecule has 1 aliphatic heterocycles. The van der Waals surface area contributed by atoms with E-state index in [1.54, 1.807) is 24.3 Å². The lowest BCUT2D eigenvalue weighted by Crippen LogP contribution is -2.31. The molecular weight excluding hydrogens is 398 g/mol. The van der Waals surface area contributed by atoms with Gasteiger partial charge in [0.25, 0.3) is 0 Å². The Labute approximate surface area is 180 Å². The van der Waals surface area contributed by atoms with Gasteiger partial charge in [0.1, 0.15) is 5.75 Å². The number of ether oxygens (including phenoxy) is 1. The minimum absolute atomic E-state index is 0.0780. The van der Waals surface area contributed by atoms with Gasteiger partial charge in [-0.1, -0.05) is 41.6 Å². The number of nitrogens with one attached hydrogen (secondary N) is 2. The number of aryl methyl sites for hydroxylation is 1. The van der Waals surface area contributed by atoms with Gasteiger partial charge < -0.3 is 15.4 Å². The molecule has 0 radical (unpaired) electrons. The summed E-state index contributed by atoms with van der Waals surface area (Å²) >= 11 is 1.16. The summed E-state index contributed by atoms with van der Waals surface area (Å²) in [6.07, 6.45) is 0.217. The van der Waals surface area contributed by atoms with Gasteiger partial charge >= 0.3 is 0 Å². The molecule has 0 saturated heterocycles. The third-order valence-corrected chi connectivity index (χ3v) is 5.65. The number of benzene rings is 2. The molecule has 2 N–H and O–H groups in total. The van der Waals surface area contributed by atoms with Crippen LogP contribution in [0.1, 0.15) is 30.4 Å². The lowest BCUT2D eigenvalue weighted by Gasteiger charge is -2.25. The number of carbonyl (C=O) groups excluding carboxylic acids is 2. The molecule has 2 amide bonds. The van der Waals surface area contributed by atoms with Gasteiger partial charge in [-0.05, 0) is 43.7 Å². The summed E-state index contributed by atoms with van der Waals surface area (Å²) in [7, 11) is 0. The largest absolute Gasteiger partial charge is 0.494 e. The van der Waals surface area contributed by atoms with Crippen LogP contribution in [0.3, 0.4) is 0 Å². The van der Waals surface area contributed by atoms with Crippen molar-refractivity contribution in [2.75, 3.05) is 17.7 Å². The molecule has 1 aliphatic rings. The molecule has 0 aliphatic carbocycles. The van der Waals surface area contributed by atoms with Crippen LogP contribution < -0.4 is 15.4 Å². The number of allylic oxidation sites excluding steroid dienone is 1. The first-order valence-corrected chi connectivity index (χ1v) is 10.6. The summed E-state index contributed by atoms with van der Waals surface area (Å²) < 4.78 is 5.39. The van der Waals surface area contributed by atoms with Crippen molar-refractivity contribution < 1.29 is 14.3 Å². The highest BCUT2D eigenvalue weighted by molar-refractivity contribution is 8.03. The Bertz CT molecular complexity index is 992. The maximum Gasteiger partial charge on any atom is 0.234 e. The number of amides is 2. The van der Waals surface area contributed by atoms with E-state index in [2.05, 4.69) is 16.7 Å². The van der Waals surface area contributed by atoms with Crippen LogP contribution in [0.25, 0.3) is 0 Å². The number of hydrogen-bond donors (Lipinski definition) is 2. The second-order valence-corrected chi connectivity index (χ2v) is 7.85. The molecule has 2 aromatic carbocycles. The SMILES string of the molecule is CCOc1ccc(NC(=O)CSC2=C(C#N)[C@@H](c3ccc(C)cc3)CC(=O)N2)cc1. The second-order valence-electron chi connectivity index (χ2n) is 6.86. The van der Waals surface area contributed by atoms with Gasteiger partial charge in [-0.25, -0.2) is 0 Å². The summed E-state index contributed by atoms with van der Waals surface area (Å²) in [5, 5.41) is 15.7. The lowest BCUT2D eigenvalue weighted by atomic mass is 9.87. The molecule has 0 unspecified atom stereocenters. The zero-order valence-electron chi connectivity index (χ0n) is 16.9. The van der Waals surface area contributed by atoms with E-state index in [4.69, 9.17) is 4.74 Å². The maximum absolute atomic E-state index is 12.3. The minimum Gasteiger partial charge on any atom is -0.494 e. The molecule has 154 valence electrons. The Morgan fingerprint density at radius 1 is 1.23 bits per heavy atom. The third kappa shape index (κ3) is 5.43. The average Bonchev–Trinajstić information content (AvgIpc) is 2.74. The zero-order chi connectivity index (χ0) is 21.5. The van der Waals surface area contributed by atoms with E-state index >= 15 is 0 Å². The minimum atomic E-state index is -0.305. The Balaban J connectivity index is 1.68. The molecular formula is C23H23N3O3S. The van der Waals surface area contributed by atoms with E-state index < -0.39 is 0 Å². The van der Waals surface area contributed by atoms with E-state index in [0.29, 0.717) is 22.9 Å². The number of anilines is 1. The fraction of sp³-hybridized carbons (Fsp3) is 0.261. The van der Waals surface area contributed by atoms with Gasteiger partial charge in [0.15, 0.2) is 0 Å². The molecule has 0 bridgehead atoms. The molecule has 0 fully saturated rings. The maximum atomic E-state index is 12.3. The molecule has 7 heteroatoms. The van der Waals surface area contributed by atoms with Crippen LogP contribution in [-0.4, -0.2) is 24.2 Å². The molecule has 3 rings (SSSR count). The van der Waals surface area contributed by atoms with Crippen LogP contribution in [0.4, 0.5) is 5.69 Å². The summed E-state index contributed by atoms with van der Waals surface area (Å²) in [6, 6.07) is 17.2. The first-order valence-electron chi connectivity index (χ1n) is 9.66. The number of nitriles is 1. The topological polar surface area (TPSA) is 91.2 Å². The third-order valence-electron chi connectivity index (χ3n) is 4.63. The van der Waals surface area contributed by atoms with Gasteiger partial charge in [-0.15, -0.1) is 0 Å². The molecule has 1 atom stereocenters. The normalized spacial score (nSPS) is 15.9. The van der Waals surface area contributed by atoms with Crippen molar-refractivity contribution in [3.05, 3.63) is 70.3 Å². The van der Waals surface area contributed by atoms with Crippen molar-refractivity contribution in [3.8, 4) is 11.8 Å². The van der Waals surface area contributed by atoms with Crippen molar-refractivity contribution in [1.29, 1.82) is 5.26 Å². The molecule has 0 aromatic heterocycles. The smallest absolute Gasteiger partial charge is 0.234 e. The van der Waals surface area contributed by atoms with E-state index in [1.165, 1.54) is 0 Å². The molecule has 30 heavy (non-hydrogen) atoms. The lowest BCUT2D eigenvalue weighted by molar-refractivity contribution is -0.121. The van der Waals surface area contributed by atoms with Crippen molar-refractivity contribution in [3.63, 3.8) is 0 Å². The van der Waals surface area contributed by atoms with Crippen LogP contribution in [0.5, 0.6) is 5.75 Å². The van der Waals surface area contributed by atoms with E-state index in [1.807, 2.05) is 38.1 Å². The van der Waals surface area contributed by atoms with Gasteiger partial charge in [0, 0.05) is 18.0 Å². The quantitative estimate of drug-likeness (QED) is 0.702. The monoisotopic (exact) mass is 421 g/mol. The molecule has 1 heterocycles. The first kappa shape index (κ1) is 21.5. The van der Waals surface area contributed by atoms with Crippen molar-refractivity contribution >= 4 is 29.3 Å². The Hall–Kier alpha value is -3.24. The highest BCUT2D eigenvalue weighted by atomic mass is 32.2. The Kier molecular flexibility index (Phi) is 7.15. The summed E-state index contributed by atoms with van der Waals surface area (Å²) in [4.78, 5) is 24.6. The molecule has 2 aromatic rings. The van der Waals surface area contributed by atoms with Crippen molar-refractivity contribution in [1.82, 2.24) is 5.32 Å². The predicted octanol–water partition coefficient (Wildman–Crippen LogP) is 4.10. The second kappa shape index (κ2) is 9.99. The van der Waals surface area contributed by atoms with E-state index in [9.17, 15) is 14.9 Å². The Morgan fingerprint density at radius 3 is 2.57 bits per heavy atom. The van der Waals surface area contributed by atoms with Crippen molar-refractivity contribution in [2.24, 2.45) is 0 Å². The number of nitrogens with zero attached hydrogens (tertiary/aromatic N) is 1. The highest BCUT2D eigenvalue weighted by Crippen LogP contribution is 2.36. The zero-order valence-corrected chi connectivity index (χ0v) is 17.7. The predicted molar refractivity (Wildman–Crippen MR) is 118 cm³/mol. The Morgan fingerprint density at radius 2 is 1.93 bits per heavy atom. The summed E-state index contributed by atoms with van der Waals surface area (Å²) in [5.41, 5.74) is 3.17. The number of rotatable bonds is 7. The number of hydrogen-bond acceptors (Lipinski definition) is 5. The van der Waals surface area contributed by atoms with Crippen LogP contribution in [-0.2, 0) is 9.59 Å². The van der Waals surface area contributed by atoms with Gasteiger partial charge in [0.05, 0.1) is 29.0 Å². The molecule has 0 saturated carbocycles. The highest BCUT2D eigenvalue weighted by Gasteiger charge is 2.29. The van der Waals surface area contributed by atoms with Gasteiger partial charge in [0.2, 0.25) is 11.8 Å². The molecule has 6 nitrogen and oxygen atoms in total. The average molecular weight is 422 g/mol. The molecule has 0 spiro atoms. The van der Waals surface area contributed by atoms with E-state index in [-0.39, 0.29) is 29.9 Å². The van der Waals surface area contributed by atoms with Crippen LogP contribution in [0.2, 0.25) is 0 Å². The fourth-order valence-corrected chi connectivity index (χ4v) is 4.03. The van der Waals surface area contributed by atoms with Crippen LogP contribution >= 0.6 is 11.8 Å². The number of carbonyl (C=O) groups is 2. The standard InChI is InChI=1S/C23H23N3O3S/c1-3-29-18-10-8-17(9-11-18)25-22(28)14-30-23-20(13-24)19(12-21(27)26-23)16-6-4-15(2)5-7-16/h4-11,19H,3,12,14H2,1-2H3,(H,25,28)(H,26,27)/t19-/m1/s1. The number of thioether (sulfide) groups is 1. The van der Waals surface area contributed by atoms with Gasteiger partial charge in [-0.2, -0.15) is 5.26 Å². The van der Waals surface area contributed by atoms with Crippen LogP contribution in [0, 0.1) is 18.3 Å². The first-order chi connectivity index (χ1) is 14.5. The van der Waals surface area contributed by atoms with E-state index in [0.717, 1.165) is 28.6 Å². The van der Waals surface area contributed by atoms with Crippen molar-refractivity contribution in [2.45, 2.75) is 26.2 Å². The fourth-order valence-electron chi connectivity index (χ4n) is 3.15.